The van der Waals surface area contributed by atoms with Crippen molar-refractivity contribution in [3.05, 3.63) is 131 Å². The minimum absolute atomic E-state index is 0.245. The van der Waals surface area contributed by atoms with Crippen LogP contribution in [0.1, 0.15) is 22.3 Å². The Balaban J connectivity index is 1.80. The van der Waals surface area contributed by atoms with Crippen LogP contribution < -0.4 is 0 Å². The zero-order chi connectivity index (χ0) is 27.6. The lowest BCUT2D eigenvalue weighted by molar-refractivity contribution is 0.629. The fraction of sp³-hybridized carbons (Fsp3) is 0. The van der Waals surface area contributed by atoms with Gasteiger partial charge in [0.1, 0.15) is 18.0 Å². The van der Waals surface area contributed by atoms with Gasteiger partial charge in [-0.15, -0.1) is 0 Å². The molecule has 6 rings (SSSR count). The fourth-order valence-electron chi connectivity index (χ4n) is 4.95. The lowest BCUT2D eigenvalue weighted by Crippen LogP contribution is -2.00. The molecule has 0 aliphatic rings. The van der Waals surface area contributed by atoms with Crippen molar-refractivity contribution < 1.29 is 4.39 Å². The van der Waals surface area contributed by atoms with Gasteiger partial charge >= 0.3 is 0 Å². The number of hydrogen-bond acceptors (Lipinski definition) is 4. The summed E-state index contributed by atoms with van der Waals surface area (Å²) in [5.74, 6) is -0.426. The molecular formula is C32H18ClFN6. The van der Waals surface area contributed by atoms with E-state index in [4.69, 9.17) is 11.6 Å². The zero-order valence-electron chi connectivity index (χ0n) is 20.8. The first-order chi connectivity index (χ1) is 19.6. The molecule has 4 heterocycles. The van der Waals surface area contributed by atoms with Crippen molar-refractivity contribution >= 4 is 55.7 Å². The van der Waals surface area contributed by atoms with E-state index in [1.54, 1.807) is 67.5 Å². The molecule has 0 unspecified atom stereocenters. The van der Waals surface area contributed by atoms with Gasteiger partial charge in [-0.3, -0.25) is 9.97 Å². The smallest absolute Gasteiger partial charge is 0.123 e. The molecule has 8 heteroatoms. The standard InChI is InChI=1S/C32H18ClFN6/c33-21-5-7-29-23(11-21)27(17-39-29)25(13-35)31(19-3-1-9-37-15-19)32(20-4-2-10-38-16-20)26(14-36)28-18-40-30-8-6-22(34)12-24(28)30/h1-12,15-18,39-40H/b31-25-,32-26-. The summed E-state index contributed by atoms with van der Waals surface area (Å²) in [5, 5.41) is 23.2. The first kappa shape index (κ1) is 24.8. The van der Waals surface area contributed by atoms with Crippen molar-refractivity contribution in [1.29, 1.82) is 10.5 Å². The number of allylic oxidation sites excluding steroid dienone is 4. The molecule has 0 radical (unpaired) electrons. The van der Waals surface area contributed by atoms with Crippen molar-refractivity contribution in [2.24, 2.45) is 0 Å². The van der Waals surface area contributed by atoms with Crippen LogP contribution in [0.3, 0.4) is 0 Å². The van der Waals surface area contributed by atoms with Gasteiger partial charge in [-0.2, -0.15) is 10.5 Å². The summed E-state index contributed by atoms with van der Waals surface area (Å²) in [4.78, 5) is 15.0. The number of nitriles is 2. The van der Waals surface area contributed by atoms with Gasteiger partial charge in [-0.1, -0.05) is 23.7 Å². The second-order valence-electron chi connectivity index (χ2n) is 8.99. The Bertz CT molecular complexity index is 1890. The molecular weight excluding hydrogens is 523 g/mol. The molecule has 0 fully saturated rings. The molecule has 0 saturated carbocycles. The Morgan fingerprint density at radius 2 is 1.25 bits per heavy atom. The molecule has 0 aliphatic carbocycles. The largest absolute Gasteiger partial charge is 0.361 e. The van der Waals surface area contributed by atoms with E-state index in [9.17, 15) is 14.9 Å². The third-order valence-corrected chi connectivity index (χ3v) is 6.94. The summed E-state index contributed by atoms with van der Waals surface area (Å²) in [5.41, 5.74) is 5.30. The Hall–Kier alpha value is -5.50. The van der Waals surface area contributed by atoms with Gasteiger partial charge in [0.05, 0.1) is 11.1 Å². The molecule has 0 aliphatic heterocycles. The predicted octanol–water partition coefficient (Wildman–Crippen LogP) is 7.80. The Morgan fingerprint density at radius 3 is 1.75 bits per heavy atom. The van der Waals surface area contributed by atoms with Crippen LogP contribution in [0.4, 0.5) is 4.39 Å². The summed E-state index contributed by atoms with van der Waals surface area (Å²) in [6, 6.07) is 21.7. The van der Waals surface area contributed by atoms with Crippen LogP contribution in [-0.2, 0) is 0 Å². The van der Waals surface area contributed by atoms with Gasteiger partial charge in [-0.25, -0.2) is 4.39 Å². The van der Waals surface area contributed by atoms with E-state index in [0.717, 1.165) is 10.9 Å². The Morgan fingerprint density at radius 1 is 0.725 bits per heavy atom. The van der Waals surface area contributed by atoms with E-state index in [-0.39, 0.29) is 5.57 Å². The maximum atomic E-state index is 14.4. The summed E-state index contributed by atoms with van der Waals surface area (Å²) in [7, 11) is 0. The SMILES string of the molecule is N#C/C(=C(/C(=C(/C#N)c1c[nH]c2ccc(Cl)cc12)c1cccnc1)c1cccnc1)c1c[nH]c2ccc(F)cc12. The van der Waals surface area contributed by atoms with Crippen LogP contribution in [0, 0.1) is 28.5 Å². The van der Waals surface area contributed by atoms with Crippen LogP contribution in [0.2, 0.25) is 5.02 Å². The van der Waals surface area contributed by atoms with E-state index >= 15 is 0 Å². The van der Waals surface area contributed by atoms with Crippen LogP contribution in [0.25, 0.3) is 44.1 Å². The van der Waals surface area contributed by atoms with Crippen molar-refractivity contribution in [3.63, 3.8) is 0 Å². The summed E-state index contributed by atoms with van der Waals surface area (Å²) in [6.45, 7) is 0. The van der Waals surface area contributed by atoms with Crippen molar-refractivity contribution in [3.8, 4) is 12.1 Å². The number of halogens is 2. The highest BCUT2D eigenvalue weighted by Crippen LogP contribution is 2.44. The van der Waals surface area contributed by atoms with E-state index in [1.165, 1.54) is 12.1 Å². The Labute approximate surface area is 233 Å². The van der Waals surface area contributed by atoms with Gasteiger partial charge in [0, 0.05) is 97.4 Å². The molecule has 6 aromatic rings. The Kier molecular flexibility index (Phi) is 6.41. The van der Waals surface area contributed by atoms with Crippen molar-refractivity contribution in [2.45, 2.75) is 0 Å². The number of nitrogens with one attached hydrogen (secondary N) is 2. The van der Waals surface area contributed by atoms with Crippen LogP contribution in [0.15, 0.2) is 97.8 Å². The van der Waals surface area contributed by atoms with Gasteiger partial charge < -0.3 is 9.97 Å². The molecule has 190 valence electrons. The van der Waals surface area contributed by atoms with E-state index in [2.05, 4.69) is 32.1 Å². The highest BCUT2D eigenvalue weighted by Gasteiger charge is 2.25. The lowest BCUT2D eigenvalue weighted by atomic mass is 9.83. The highest BCUT2D eigenvalue weighted by molar-refractivity contribution is 6.32. The second kappa shape index (κ2) is 10.3. The number of benzene rings is 2. The van der Waals surface area contributed by atoms with Gasteiger partial charge in [0.15, 0.2) is 0 Å². The monoisotopic (exact) mass is 540 g/mol. The first-order valence-electron chi connectivity index (χ1n) is 12.2. The molecule has 40 heavy (non-hydrogen) atoms. The highest BCUT2D eigenvalue weighted by atomic mass is 35.5. The third kappa shape index (κ3) is 4.31. The number of nitrogens with zero attached hydrogens (tertiary/aromatic N) is 4. The number of H-pyrrole nitrogens is 2. The fourth-order valence-corrected chi connectivity index (χ4v) is 5.12. The summed E-state index contributed by atoms with van der Waals surface area (Å²) in [6.07, 6.45) is 9.99. The average Bonchev–Trinajstić information content (AvgIpc) is 3.59. The average molecular weight is 541 g/mol. The maximum Gasteiger partial charge on any atom is 0.123 e. The van der Waals surface area contributed by atoms with Crippen LogP contribution in [-0.4, -0.2) is 19.9 Å². The zero-order valence-corrected chi connectivity index (χ0v) is 21.5. The molecule has 4 aromatic heterocycles. The molecule has 2 N–H and O–H groups in total. The summed E-state index contributed by atoms with van der Waals surface area (Å²) < 4.78 is 14.4. The quantitative estimate of drug-likeness (QED) is 0.172. The van der Waals surface area contributed by atoms with Gasteiger partial charge in [0.25, 0.3) is 0 Å². The minimum atomic E-state index is -0.426. The van der Waals surface area contributed by atoms with Crippen LogP contribution in [0.5, 0.6) is 0 Å². The minimum Gasteiger partial charge on any atom is -0.361 e. The van der Waals surface area contributed by atoms with Crippen molar-refractivity contribution in [1.82, 2.24) is 19.9 Å². The lowest BCUT2D eigenvalue weighted by Gasteiger charge is -2.18. The van der Waals surface area contributed by atoms with Crippen molar-refractivity contribution in [2.75, 3.05) is 0 Å². The molecule has 2 aromatic carbocycles. The molecule has 0 amide bonds. The molecule has 0 spiro atoms. The molecule has 0 bridgehead atoms. The molecule has 0 saturated heterocycles. The van der Waals surface area contributed by atoms with Gasteiger partial charge in [-0.05, 0) is 48.5 Å². The van der Waals surface area contributed by atoms with E-state index in [1.807, 2.05) is 18.2 Å². The molecule has 6 nitrogen and oxygen atoms in total. The number of rotatable bonds is 5. The normalized spacial score (nSPS) is 12.5. The number of aromatic amines is 2. The summed E-state index contributed by atoms with van der Waals surface area (Å²) >= 11 is 6.34. The predicted molar refractivity (Wildman–Crippen MR) is 155 cm³/mol. The first-order valence-corrected chi connectivity index (χ1v) is 12.6. The number of pyridine rings is 2. The molecule has 0 atom stereocenters. The van der Waals surface area contributed by atoms with E-state index in [0.29, 0.717) is 54.9 Å². The third-order valence-electron chi connectivity index (χ3n) is 6.70. The van der Waals surface area contributed by atoms with Gasteiger partial charge in [0.2, 0.25) is 0 Å². The van der Waals surface area contributed by atoms with E-state index < -0.39 is 5.82 Å². The number of hydrogen-bond donors (Lipinski definition) is 2. The number of aromatic nitrogens is 4. The number of fused-ring (bicyclic) bond motifs is 2. The maximum absolute atomic E-state index is 14.4. The second-order valence-corrected chi connectivity index (χ2v) is 9.43. The van der Waals surface area contributed by atoms with Crippen LogP contribution >= 0.6 is 11.6 Å². The topological polar surface area (TPSA) is 105 Å².